The van der Waals surface area contributed by atoms with Crippen LogP contribution in [0, 0.1) is 11.3 Å². The maximum atomic E-state index is 13.3. The minimum Gasteiger partial charge on any atom is -0.478 e. The van der Waals surface area contributed by atoms with Gasteiger partial charge in [-0.15, -0.1) is 13.2 Å². The van der Waals surface area contributed by atoms with Crippen LogP contribution in [-0.4, -0.2) is 88.0 Å². The van der Waals surface area contributed by atoms with E-state index in [1.54, 1.807) is 41.5 Å². The van der Waals surface area contributed by atoms with E-state index < -0.39 is 77.6 Å². The molecule has 0 aromatic heterocycles. The standard InChI is InChI=1S/C32H35F3N4O11/c1-30(2,3)49-28(45)39(29(46)50-31(4,5)6)16-18-13-19(8-7-17(18)15-36)37-25(41)23(40)24-26(42)38(11-12-47-24)22-10-9-20(48-32(33,34)35)14-21(22)27(43)44/h7-10,13-14,23-24,40H,11-12,16H2,1-6H3,(H,37,41)(H,43,44). The molecule has 0 aliphatic carbocycles. The van der Waals surface area contributed by atoms with Gasteiger partial charge in [-0.25, -0.2) is 19.3 Å². The molecule has 50 heavy (non-hydrogen) atoms. The van der Waals surface area contributed by atoms with Crippen LogP contribution in [0.3, 0.4) is 0 Å². The predicted molar refractivity (Wildman–Crippen MR) is 166 cm³/mol. The first-order valence-electron chi connectivity index (χ1n) is 14.8. The topological polar surface area (TPSA) is 205 Å². The number of benzene rings is 2. The number of carboxylic acids is 1. The van der Waals surface area contributed by atoms with E-state index in [1.165, 1.54) is 18.2 Å². The maximum absolute atomic E-state index is 13.3. The second-order valence-corrected chi connectivity index (χ2v) is 12.8. The number of aliphatic hydroxyl groups is 1. The highest BCUT2D eigenvalue weighted by atomic mass is 19.4. The predicted octanol–water partition coefficient (Wildman–Crippen LogP) is 4.56. The number of ether oxygens (including phenoxy) is 4. The molecule has 1 aliphatic rings. The number of nitriles is 1. The molecule has 4 amide bonds. The Balaban J connectivity index is 1.85. The van der Waals surface area contributed by atoms with Gasteiger partial charge in [-0.05, 0) is 83.5 Å². The van der Waals surface area contributed by atoms with Crippen LogP contribution in [0.2, 0.25) is 0 Å². The number of hydrogen-bond donors (Lipinski definition) is 3. The van der Waals surface area contributed by atoms with Gasteiger partial charge in [0, 0.05) is 12.2 Å². The lowest BCUT2D eigenvalue weighted by Crippen LogP contribution is -2.55. The molecular weight excluding hydrogens is 673 g/mol. The number of imide groups is 1. The number of aliphatic hydroxyl groups excluding tert-OH is 1. The van der Waals surface area contributed by atoms with Crippen LogP contribution in [0.5, 0.6) is 5.75 Å². The van der Waals surface area contributed by atoms with Crippen molar-refractivity contribution < 1.29 is 66.3 Å². The SMILES string of the molecule is CC(C)(C)OC(=O)N(Cc1cc(NC(=O)C(O)C2OCCN(c3ccc(OC(F)(F)F)cc3C(=O)O)C2=O)ccc1C#N)C(=O)OC(C)(C)C. The number of amides is 4. The molecule has 1 aliphatic heterocycles. The molecule has 0 radical (unpaired) electrons. The number of carbonyl (C=O) groups excluding carboxylic acids is 4. The van der Waals surface area contributed by atoms with Crippen LogP contribution in [-0.2, 0) is 30.3 Å². The Morgan fingerprint density at radius 3 is 2.16 bits per heavy atom. The summed E-state index contributed by atoms with van der Waals surface area (Å²) in [6.07, 6.45) is -11.3. The third-order valence-electron chi connectivity index (χ3n) is 6.45. The summed E-state index contributed by atoms with van der Waals surface area (Å²) in [6.45, 7) is 8.37. The highest BCUT2D eigenvalue weighted by Crippen LogP contribution is 2.31. The molecule has 2 atom stereocenters. The zero-order chi connectivity index (χ0) is 37.8. The molecule has 2 aromatic carbocycles. The van der Waals surface area contributed by atoms with Gasteiger partial charge in [0.05, 0.1) is 36.0 Å². The van der Waals surface area contributed by atoms with E-state index in [4.69, 9.17) is 14.2 Å². The minimum atomic E-state index is -5.11. The lowest BCUT2D eigenvalue weighted by Gasteiger charge is -2.34. The van der Waals surface area contributed by atoms with Gasteiger partial charge in [-0.3, -0.25) is 9.59 Å². The number of rotatable bonds is 8. The number of carboxylic acid groups (broad SMARTS) is 1. The van der Waals surface area contributed by atoms with Gasteiger partial charge in [0.1, 0.15) is 17.0 Å². The van der Waals surface area contributed by atoms with Gasteiger partial charge < -0.3 is 39.4 Å². The van der Waals surface area contributed by atoms with E-state index in [9.17, 15) is 52.6 Å². The average Bonchev–Trinajstić information content (AvgIpc) is 2.97. The number of nitrogens with one attached hydrogen (secondary N) is 1. The largest absolute Gasteiger partial charge is 0.573 e. The van der Waals surface area contributed by atoms with E-state index in [0.29, 0.717) is 11.0 Å². The monoisotopic (exact) mass is 708 g/mol. The first-order valence-corrected chi connectivity index (χ1v) is 14.8. The van der Waals surface area contributed by atoms with Crippen molar-refractivity contribution in [3.05, 3.63) is 53.1 Å². The Hall–Kier alpha value is -5.41. The lowest BCUT2D eigenvalue weighted by atomic mass is 10.1. The van der Waals surface area contributed by atoms with Crippen LogP contribution in [0.1, 0.15) is 63.0 Å². The summed E-state index contributed by atoms with van der Waals surface area (Å²) in [7, 11) is 0. The van der Waals surface area contributed by atoms with E-state index in [2.05, 4.69) is 10.1 Å². The van der Waals surface area contributed by atoms with Gasteiger partial charge in [-0.1, -0.05) is 0 Å². The van der Waals surface area contributed by atoms with Crippen molar-refractivity contribution in [1.29, 1.82) is 5.26 Å². The number of halogens is 3. The summed E-state index contributed by atoms with van der Waals surface area (Å²) in [5, 5.41) is 32.5. The van der Waals surface area contributed by atoms with Crippen molar-refractivity contribution in [3.8, 4) is 11.8 Å². The molecule has 2 aromatic rings. The van der Waals surface area contributed by atoms with E-state index in [-0.39, 0.29) is 35.7 Å². The first kappa shape index (κ1) is 39.0. The lowest BCUT2D eigenvalue weighted by molar-refractivity contribution is -0.274. The van der Waals surface area contributed by atoms with Gasteiger partial charge >= 0.3 is 24.5 Å². The Kier molecular flexibility index (Phi) is 11.7. The number of aromatic carboxylic acids is 1. The van der Waals surface area contributed by atoms with E-state index in [1.807, 2.05) is 6.07 Å². The second-order valence-electron chi connectivity index (χ2n) is 12.8. The third kappa shape index (κ3) is 10.5. The Morgan fingerprint density at radius 2 is 1.64 bits per heavy atom. The highest BCUT2D eigenvalue weighted by Gasteiger charge is 2.41. The number of anilines is 2. The number of hydrogen-bond acceptors (Lipinski definition) is 11. The molecule has 15 nitrogen and oxygen atoms in total. The Bertz CT molecular complexity index is 1670. The summed E-state index contributed by atoms with van der Waals surface area (Å²) in [5.74, 6) is -4.78. The first-order chi connectivity index (χ1) is 23.0. The fraction of sp³-hybridized carbons (Fsp3) is 0.438. The average molecular weight is 709 g/mol. The summed E-state index contributed by atoms with van der Waals surface area (Å²) >= 11 is 0. The molecule has 3 N–H and O–H groups in total. The van der Waals surface area contributed by atoms with Gasteiger partial charge in [-0.2, -0.15) is 5.26 Å². The zero-order valence-electron chi connectivity index (χ0n) is 27.8. The summed E-state index contributed by atoms with van der Waals surface area (Å²) in [6, 6.07) is 7.98. The number of nitrogens with zero attached hydrogens (tertiary/aromatic N) is 3. The number of carbonyl (C=O) groups is 5. The summed E-state index contributed by atoms with van der Waals surface area (Å²) < 4.78 is 57.8. The molecule has 0 spiro atoms. The van der Waals surface area contributed by atoms with Crippen LogP contribution >= 0.6 is 0 Å². The van der Waals surface area contributed by atoms with Crippen LogP contribution < -0.4 is 15.0 Å². The van der Waals surface area contributed by atoms with Crippen molar-refractivity contribution in [2.75, 3.05) is 23.4 Å². The Morgan fingerprint density at radius 1 is 1.04 bits per heavy atom. The molecule has 1 saturated heterocycles. The van der Waals surface area contributed by atoms with Crippen molar-refractivity contribution in [1.82, 2.24) is 4.90 Å². The molecule has 2 unspecified atom stereocenters. The highest BCUT2D eigenvalue weighted by molar-refractivity contribution is 6.07. The minimum absolute atomic E-state index is 0.00276. The van der Waals surface area contributed by atoms with E-state index in [0.717, 1.165) is 17.0 Å². The van der Waals surface area contributed by atoms with Crippen molar-refractivity contribution in [2.45, 2.75) is 77.9 Å². The van der Waals surface area contributed by atoms with E-state index >= 15 is 0 Å². The number of alkyl halides is 3. The van der Waals surface area contributed by atoms with Crippen LogP contribution in [0.25, 0.3) is 0 Å². The molecule has 3 rings (SSSR count). The third-order valence-corrected chi connectivity index (χ3v) is 6.45. The summed E-state index contributed by atoms with van der Waals surface area (Å²) in [5.41, 5.74) is -3.04. The van der Waals surface area contributed by atoms with Crippen molar-refractivity contribution in [3.63, 3.8) is 0 Å². The fourth-order valence-corrected chi connectivity index (χ4v) is 4.46. The van der Waals surface area contributed by atoms with Crippen molar-refractivity contribution in [2.24, 2.45) is 0 Å². The molecule has 270 valence electrons. The van der Waals surface area contributed by atoms with Crippen molar-refractivity contribution >= 4 is 41.3 Å². The number of morpholine rings is 1. The maximum Gasteiger partial charge on any atom is 0.573 e. The molecule has 1 heterocycles. The molecule has 18 heteroatoms. The molecule has 1 fully saturated rings. The quantitative estimate of drug-likeness (QED) is 0.345. The van der Waals surface area contributed by atoms with Crippen LogP contribution in [0.15, 0.2) is 36.4 Å². The normalized spacial score (nSPS) is 15.7. The van der Waals surface area contributed by atoms with Gasteiger partial charge in [0.25, 0.3) is 11.8 Å². The molecule has 0 saturated carbocycles. The fourth-order valence-electron chi connectivity index (χ4n) is 4.46. The Labute approximate surface area is 284 Å². The molecular formula is C32H35F3N4O11. The molecule has 0 bridgehead atoms. The second kappa shape index (κ2) is 15.0. The smallest absolute Gasteiger partial charge is 0.478 e. The van der Waals surface area contributed by atoms with Gasteiger partial charge in [0.15, 0.2) is 12.2 Å². The zero-order valence-corrected chi connectivity index (χ0v) is 27.8. The van der Waals surface area contributed by atoms with Gasteiger partial charge in [0.2, 0.25) is 0 Å². The van der Waals surface area contributed by atoms with Crippen LogP contribution in [0.4, 0.5) is 34.1 Å². The summed E-state index contributed by atoms with van der Waals surface area (Å²) in [4.78, 5) is 65.8.